The summed E-state index contributed by atoms with van der Waals surface area (Å²) in [6.07, 6.45) is 3.91. The summed E-state index contributed by atoms with van der Waals surface area (Å²) in [5.74, 6) is 0.385. The topological polar surface area (TPSA) is 88.6 Å². The number of nitrogens with zero attached hydrogens (tertiary/aromatic N) is 2. The largest absolute Gasteiger partial charge is 0.497 e. The summed E-state index contributed by atoms with van der Waals surface area (Å²) >= 11 is 0. The number of carbonyl (C=O) groups excluding carboxylic acids is 1. The van der Waals surface area contributed by atoms with Gasteiger partial charge in [0.2, 0.25) is 15.9 Å². The zero-order chi connectivity index (χ0) is 20.1. The summed E-state index contributed by atoms with van der Waals surface area (Å²) < 4.78 is 30.1. The van der Waals surface area contributed by atoms with Crippen LogP contribution in [0.15, 0.2) is 48.7 Å². The number of hydrogen-bond acceptors (Lipinski definition) is 5. The molecule has 1 amide bonds. The van der Waals surface area contributed by atoms with E-state index >= 15 is 0 Å². The van der Waals surface area contributed by atoms with Crippen LogP contribution in [-0.4, -0.2) is 50.1 Å². The Balaban J connectivity index is 1.77. The molecule has 1 saturated heterocycles. The molecule has 2 aromatic rings. The molecule has 0 aliphatic carbocycles. The van der Waals surface area contributed by atoms with Gasteiger partial charge < -0.3 is 10.1 Å². The molecule has 150 valence electrons. The number of carbonyl (C=O) groups is 1. The Morgan fingerprint density at radius 1 is 1.21 bits per heavy atom. The summed E-state index contributed by atoms with van der Waals surface area (Å²) in [6, 6.07) is 12.7. The zero-order valence-electron chi connectivity index (χ0n) is 16.0. The number of benzene rings is 1. The lowest BCUT2D eigenvalue weighted by molar-refractivity contribution is -0.126. The molecule has 1 aliphatic rings. The van der Waals surface area contributed by atoms with Crippen LogP contribution in [0.3, 0.4) is 0 Å². The van der Waals surface area contributed by atoms with Gasteiger partial charge in [0.05, 0.1) is 25.1 Å². The number of methoxy groups -OCH3 is 1. The van der Waals surface area contributed by atoms with Gasteiger partial charge in [0.25, 0.3) is 0 Å². The minimum Gasteiger partial charge on any atom is -0.497 e. The third-order valence-corrected chi connectivity index (χ3v) is 6.29. The van der Waals surface area contributed by atoms with Crippen molar-refractivity contribution in [2.24, 2.45) is 5.92 Å². The maximum atomic E-state index is 12.9. The zero-order valence-corrected chi connectivity index (χ0v) is 16.9. The van der Waals surface area contributed by atoms with Crippen LogP contribution in [0.4, 0.5) is 0 Å². The van der Waals surface area contributed by atoms with Crippen molar-refractivity contribution in [3.05, 3.63) is 59.9 Å². The van der Waals surface area contributed by atoms with Crippen molar-refractivity contribution in [1.29, 1.82) is 0 Å². The van der Waals surface area contributed by atoms with Gasteiger partial charge in [-0.3, -0.25) is 9.78 Å². The molecule has 0 bridgehead atoms. The van der Waals surface area contributed by atoms with Gasteiger partial charge in [-0.2, -0.15) is 0 Å². The molecule has 1 aromatic heterocycles. The van der Waals surface area contributed by atoms with E-state index in [-0.39, 0.29) is 11.8 Å². The smallest absolute Gasteiger partial charge is 0.224 e. The van der Waals surface area contributed by atoms with Gasteiger partial charge in [-0.15, -0.1) is 0 Å². The molecule has 1 fully saturated rings. The minimum absolute atomic E-state index is 0.0911. The Hall–Kier alpha value is -2.45. The van der Waals surface area contributed by atoms with Crippen molar-refractivity contribution in [2.75, 3.05) is 26.5 Å². The highest BCUT2D eigenvalue weighted by Gasteiger charge is 2.30. The average Bonchev–Trinajstić information content (AvgIpc) is 2.72. The van der Waals surface area contributed by atoms with Crippen LogP contribution in [0.25, 0.3) is 0 Å². The van der Waals surface area contributed by atoms with E-state index in [4.69, 9.17) is 4.74 Å². The summed E-state index contributed by atoms with van der Waals surface area (Å²) in [5, 5.41) is 3.10. The number of aromatic nitrogens is 1. The molecule has 0 spiro atoms. The Labute approximate surface area is 165 Å². The Bertz CT molecular complexity index is 910. The first-order valence-electron chi connectivity index (χ1n) is 9.19. The van der Waals surface area contributed by atoms with E-state index in [2.05, 4.69) is 10.3 Å². The van der Waals surface area contributed by atoms with Crippen LogP contribution >= 0.6 is 0 Å². The normalized spacial score (nSPS) is 17.1. The lowest BCUT2D eigenvalue weighted by Crippen LogP contribution is -2.43. The predicted octanol–water partition coefficient (Wildman–Crippen LogP) is 1.97. The van der Waals surface area contributed by atoms with Gasteiger partial charge in [0.1, 0.15) is 5.75 Å². The van der Waals surface area contributed by atoms with Crippen molar-refractivity contribution >= 4 is 15.9 Å². The first-order valence-corrected chi connectivity index (χ1v) is 11.0. The van der Waals surface area contributed by atoms with Gasteiger partial charge in [-0.05, 0) is 42.7 Å². The highest BCUT2D eigenvalue weighted by atomic mass is 32.2. The maximum absolute atomic E-state index is 12.9. The molecule has 8 heteroatoms. The molecular formula is C20H25N3O4S. The summed E-state index contributed by atoms with van der Waals surface area (Å²) in [6.45, 7) is 0.731. The van der Waals surface area contributed by atoms with Gasteiger partial charge >= 0.3 is 0 Å². The fourth-order valence-electron chi connectivity index (χ4n) is 3.41. The van der Waals surface area contributed by atoms with E-state index < -0.39 is 16.1 Å². The monoisotopic (exact) mass is 403 g/mol. The fraction of sp³-hybridized carbons (Fsp3) is 0.400. The summed E-state index contributed by atoms with van der Waals surface area (Å²) in [7, 11) is -1.61. The number of nitrogens with one attached hydrogen (secondary N) is 1. The van der Waals surface area contributed by atoms with Crippen LogP contribution in [0.2, 0.25) is 0 Å². The first-order chi connectivity index (χ1) is 13.4. The third-order valence-electron chi connectivity index (χ3n) is 4.99. The molecule has 3 rings (SSSR count). The number of hydrogen-bond donors (Lipinski definition) is 1. The number of ether oxygens (including phenoxy) is 1. The number of rotatable bonds is 6. The first kappa shape index (κ1) is 20.3. The van der Waals surface area contributed by atoms with E-state index in [9.17, 15) is 13.2 Å². The molecular weight excluding hydrogens is 378 g/mol. The van der Waals surface area contributed by atoms with Gasteiger partial charge in [0.15, 0.2) is 0 Å². The standard InChI is InChI=1S/C20H25N3O4S/c1-27-17-7-5-6-16(14-17)19(18-8-3-4-11-21-18)22-20(24)15-9-12-23(13-10-15)28(2,25)26/h3-8,11,14-15,19H,9-10,12-13H2,1-2H3,(H,22,24). The summed E-state index contributed by atoms with van der Waals surface area (Å²) in [4.78, 5) is 17.3. The van der Waals surface area contributed by atoms with E-state index in [1.807, 2.05) is 42.5 Å². The number of sulfonamides is 1. The highest BCUT2D eigenvalue weighted by molar-refractivity contribution is 7.88. The lowest BCUT2D eigenvalue weighted by atomic mass is 9.95. The van der Waals surface area contributed by atoms with Crippen molar-refractivity contribution in [1.82, 2.24) is 14.6 Å². The molecule has 28 heavy (non-hydrogen) atoms. The molecule has 7 nitrogen and oxygen atoms in total. The average molecular weight is 404 g/mol. The Morgan fingerprint density at radius 3 is 2.57 bits per heavy atom. The van der Waals surface area contributed by atoms with Crippen LogP contribution in [-0.2, 0) is 14.8 Å². The molecule has 0 saturated carbocycles. The van der Waals surface area contributed by atoms with Crippen molar-refractivity contribution in [3.8, 4) is 5.75 Å². The molecule has 1 aromatic carbocycles. The SMILES string of the molecule is COc1cccc(C(NC(=O)C2CCN(S(C)(=O)=O)CC2)c2ccccn2)c1. The van der Waals surface area contributed by atoms with E-state index in [0.29, 0.717) is 31.7 Å². The number of pyridine rings is 1. The molecule has 1 aliphatic heterocycles. The number of piperidine rings is 1. The third kappa shape index (κ3) is 4.88. The highest BCUT2D eigenvalue weighted by Crippen LogP contribution is 2.26. The second kappa shape index (κ2) is 8.70. The Kier molecular flexibility index (Phi) is 6.31. The molecule has 1 unspecified atom stereocenters. The second-order valence-electron chi connectivity index (χ2n) is 6.91. The van der Waals surface area contributed by atoms with Crippen molar-refractivity contribution in [2.45, 2.75) is 18.9 Å². The molecule has 0 radical (unpaired) electrons. The van der Waals surface area contributed by atoms with E-state index in [1.54, 1.807) is 13.3 Å². The van der Waals surface area contributed by atoms with Gasteiger partial charge in [-0.1, -0.05) is 18.2 Å². The predicted molar refractivity (Wildman–Crippen MR) is 106 cm³/mol. The van der Waals surface area contributed by atoms with Gasteiger partial charge in [-0.25, -0.2) is 12.7 Å². The Morgan fingerprint density at radius 2 is 1.96 bits per heavy atom. The molecule has 2 heterocycles. The van der Waals surface area contributed by atoms with Crippen LogP contribution in [0.5, 0.6) is 5.75 Å². The number of amides is 1. The van der Waals surface area contributed by atoms with Crippen molar-refractivity contribution < 1.29 is 17.9 Å². The summed E-state index contributed by atoms with van der Waals surface area (Å²) in [5.41, 5.74) is 1.61. The second-order valence-corrected chi connectivity index (χ2v) is 8.89. The van der Waals surface area contributed by atoms with E-state index in [0.717, 1.165) is 11.3 Å². The van der Waals surface area contributed by atoms with Crippen LogP contribution < -0.4 is 10.1 Å². The maximum Gasteiger partial charge on any atom is 0.224 e. The minimum atomic E-state index is -3.21. The van der Waals surface area contributed by atoms with Crippen LogP contribution in [0.1, 0.15) is 30.1 Å². The van der Waals surface area contributed by atoms with Crippen molar-refractivity contribution in [3.63, 3.8) is 0 Å². The fourth-order valence-corrected chi connectivity index (χ4v) is 4.28. The van der Waals surface area contributed by atoms with E-state index in [1.165, 1.54) is 10.6 Å². The van der Waals surface area contributed by atoms with Gasteiger partial charge in [0, 0.05) is 25.2 Å². The molecule has 1 atom stereocenters. The quantitative estimate of drug-likeness (QED) is 0.797. The lowest BCUT2D eigenvalue weighted by Gasteiger charge is -2.30. The van der Waals surface area contributed by atoms with Crippen LogP contribution in [0, 0.1) is 5.92 Å². The molecule has 1 N–H and O–H groups in total.